The van der Waals surface area contributed by atoms with Gasteiger partial charge in [0.15, 0.2) is 5.96 Å². The first-order chi connectivity index (χ1) is 9.61. The lowest BCUT2D eigenvalue weighted by atomic mass is 9.89. The molecule has 2 rings (SSSR count). The molecule has 0 bridgehead atoms. The number of benzene rings is 1. The highest BCUT2D eigenvalue weighted by Gasteiger charge is 2.33. The molecule has 0 amide bonds. The molecular formula is C15H22FN3O. The lowest BCUT2D eigenvalue weighted by Gasteiger charge is -2.38. The molecule has 5 heteroatoms. The molecule has 1 heterocycles. The fourth-order valence-electron chi connectivity index (χ4n) is 2.00. The van der Waals surface area contributed by atoms with E-state index in [1.54, 1.807) is 6.07 Å². The van der Waals surface area contributed by atoms with Crippen LogP contribution >= 0.6 is 0 Å². The van der Waals surface area contributed by atoms with Gasteiger partial charge < -0.3 is 15.4 Å². The van der Waals surface area contributed by atoms with Gasteiger partial charge in [0.05, 0.1) is 19.8 Å². The summed E-state index contributed by atoms with van der Waals surface area (Å²) in [5.74, 6) is 0.527. The van der Waals surface area contributed by atoms with Gasteiger partial charge in [0.2, 0.25) is 0 Å². The Morgan fingerprint density at radius 1 is 1.40 bits per heavy atom. The van der Waals surface area contributed by atoms with Crippen molar-refractivity contribution in [1.82, 2.24) is 10.6 Å². The molecule has 0 aromatic heterocycles. The number of nitrogens with one attached hydrogen (secondary N) is 2. The Kier molecular flexibility index (Phi) is 4.95. The Bertz CT molecular complexity index is 472. The largest absolute Gasteiger partial charge is 0.380 e. The van der Waals surface area contributed by atoms with Crippen LogP contribution in [-0.2, 0) is 11.3 Å². The lowest BCUT2D eigenvalue weighted by Crippen LogP contribution is -2.51. The van der Waals surface area contributed by atoms with E-state index in [9.17, 15) is 4.39 Å². The molecule has 1 fully saturated rings. The van der Waals surface area contributed by atoms with E-state index in [0.717, 1.165) is 37.8 Å². The minimum absolute atomic E-state index is 0.190. The number of rotatable bonds is 5. The van der Waals surface area contributed by atoms with Gasteiger partial charge in [-0.3, -0.25) is 0 Å². The van der Waals surface area contributed by atoms with E-state index < -0.39 is 0 Å². The van der Waals surface area contributed by atoms with Crippen molar-refractivity contribution in [3.05, 3.63) is 35.6 Å². The van der Waals surface area contributed by atoms with Crippen molar-refractivity contribution >= 4 is 5.96 Å². The summed E-state index contributed by atoms with van der Waals surface area (Å²) >= 11 is 0. The Labute approximate surface area is 119 Å². The molecule has 1 aliphatic heterocycles. The topological polar surface area (TPSA) is 45.7 Å². The van der Waals surface area contributed by atoms with E-state index in [1.165, 1.54) is 12.1 Å². The normalized spacial score (nSPS) is 17.4. The van der Waals surface area contributed by atoms with Crippen LogP contribution in [0.25, 0.3) is 0 Å². The molecule has 1 aliphatic rings. The van der Waals surface area contributed by atoms with Crippen molar-refractivity contribution in [3.8, 4) is 0 Å². The average molecular weight is 279 g/mol. The van der Waals surface area contributed by atoms with Crippen LogP contribution in [0.15, 0.2) is 29.3 Å². The summed E-state index contributed by atoms with van der Waals surface area (Å²) in [7, 11) is 0. The molecule has 1 saturated heterocycles. The number of guanidine groups is 1. The summed E-state index contributed by atoms with van der Waals surface area (Å²) < 4.78 is 18.3. The van der Waals surface area contributed by atoms with Gasteiger partial charge in [-0.15, -0.1) is 0 Å². The van der Waals surface area contributed by atoms with Gasteiger partial charge >= 0.3 is 0 Å². The van der Waals surface area contributed by atoms with Crippen LogP contribution in [0.2, 0.25) is 0 Å². The van der Waals surface area contributed by atoms with Crippen LogP contribution in [0, 0.1) is 11.2 Å². The smallest absolute Gasteiger partial charge is 0.191 e. The summed E-state index contributed by atoms with van der Waals surface area (Å²) in [5.41, 5.74) is 1.05. The quantitative estimate of drug-likeness (QED) is 0.639. The number of nitrogens with zero attached hydrogens (tertiary/aromatic N) is 1. The zero-order chi connectivity index (χ0) is 14.4. The minimum atomic E-state index is -0.227. The van der Waals surface area contributed by atoms with Crippen molar-refractivity contribution in [2.75, 3.05) is 26.3 Å². The van der Waals surface area contributed by atoms with Crippen molar-refractivity contribution in [1.29, 1.82) is 0 Å². The second kappa shape index (κ2) is 6.70. The molecule has 0 saturated carbocycles. The average Bonchev–Trinajstić information content (AvgIpc) is 2.40. The predicted octanol–water partition coefficient (Wildman–Crippen LogP) is 1.92. The summed E-state index contributed by atoms with van der Waals surface area (Å²) in [4.78, 5) is 4.47. The second-order valence-corrected chi connectivity index (χ2v) is 5.48. The van der Waals surface area contributed by atoms with E-state index in [0.29, 0.717) is 6.54 Å². The van der Waals surface area contributed by atoms with Crippen LogP contribution in [0.5, 0.6) is 0 Å². The first-order valence-electron chi connectivity index (χ1n) is 6.96. The van der Waals surface area contributed by atoms with Crippen LogP contribution in [0.4, 0.5) is 4.39 Å². The molecule has 0 radical (unpaired) electrons. The van der Waals surface area contributed by atoms with Gasteiger partial charge in [-0.05, 0) is 24.6 Å². The Morgan fingerprint density at radius 2 is 2.20 bits per heavy atom. The SMILES string of the molecule is CCNC(=NCc1cccc(F)c1)NCC1(C)COC1. The van der Waals surface area contributed by atoms with Crippen molar-refractivity contribution in [3.63, 3.8) is 0 Å². The number of hydrogen-bond acceptors (Lipinski definition) is 2. The fourth-order valence-corrected chi connectivity index (χ4v) is 2.00. The fraction of sp³-hybridized carbons (Fsp3) is 0.533. The van der Waals surface area contributed by atoms with Crippen LogP contribution in [0.3, 0.4) is 0 Å². The van der Waals surface area contributed by atoms with E-state index in [4.69, 9.17) is 4.74 Å². The summed E-state index contributed by atoms with van der Waals surface area (Å²) in [6.45, 7) is 7.84. The minimum Gasteiger partial charge on any atom is -0.380 e. The monoisotopic (exact) mass is 279 g/mol. The summed E-state index contributed by atoms with van der Waals surface area (Å²) in [6, 6.07) is 6.52. The maximum atomic E-state index is 13.1. The van der Waals surface area contributed by atoms with Gasteiger partial charge in [-0.1, -0.05) is 19.1 Å². The standard InChI is InChI=1S/C15H22FN3O/c1-3-17-14(19-9-15(2)10-20-11-15)18-8-12-5-4-6-13(16)7-12/h4-7H,3,8-11H2,1-2H3,(H2,17,18,19). The van der Waals surface area contributed by atoms with E-state index >= 15 is 0 Å². The summed E-state index contributed by atoms with van der Waals surface area (Å²) in [5, 5.41) is 6.51. The van der Waals surface area contributed by atoms with Crippen LogP contribution < -0.4 is 10.6 Å². The molecular weight excluding hydrogens is 257 g/mol. The van der Waals surface area contributed by atoms with Gasteiger partial charge in [0.1, 0.15) is 5.82 Å². The van der Waals surface area contributed by atoms with Crippen LogP contribution in [-0.4, -0.2) is 32.3 Å². The molecule has 0 atom stereocenters. The number of aliphatic imine (C=N–C) groups is 1. The Balaban J connectivity index is 1.91. The molecule has 4 nitrogen and oxygen atoms in total. The molecule has 1 aromatic rings. The summed E-state index contributed by atoms with van der Waals surface area (Å²) in [6.07, 6.45) is 0. The molecule has 20 heavy (non-hydrogen) atoms. The van der Waals surface area contributed by atoms with Gasteiger partial charge in [-0.25, -0.2) is 9.38 Å². The number of halogens is 1. The van der Waals surface area contributed by atoms with E-state index in [-0.39, 0.29) is 11.2 Å². The van der Waals surface area contributed by atoms with Gasteiger partial charge in [-0.2, -0.15) is 0 Å². The third kappa shape index (κ3) is 4.20. The van der Waals surface area contributed by atoms with E-state index in [2.05, 4.69) is 22.5 Å². The van der Waals surface area contributed by atoms with Crippen LogP contribution in [0.1, 0.15) is 19.4 Å². The number of hydrogen-bond donors (Lipinski definition) is 2. The van der Waals surface area contributed by atoms with Crippen molar-refractivity contribution < 1.29 is 9.13 Å². The highest BCUT2D eigenvalue weighted by atomic mass is 19.1. The molecule has 2 N–H and O–H groups in total. The molecule has 110 valence electrons. The molecule has 0 aliphatic carbocycles. The highest BCUT2D eigenvalue weighted by Crippen LogP contribution is 2.24. The van der Waals surface area contributed by atoms with Crippen molar-refractivity contribution in [2.45, 2.75) is 20.4 Å². The Hall–Kier alpha value is -1.62. The Morgan fingerprint density at radius 3 is 2.80 bits per heavy atom. The first-order valence-corrected chi connectivity index (χ1v) is 6.96. The molecule has 0 spiro atoms. The zero-order valence-electron chi connectivity index (χ0n) is 12.1. The van der Waals surface area contributed by atoms with E-state index in [1.807, 2.05) is 13.0 Å². The predicted molar refractivity (Wildman–Crippen MR) is 78.1 cm³/mol. The van der Waals surface area contributed by atoms with Gasteiger partial charge in [0, 0.05) is 18.5 Å². The second-order valence-electron chi connectivity index (χ2n) is 5.48. The third-order valence-corrected chi connectivity index (χ3v) is 3.24. The van der Waals surface area contributed by atoms with Crippen molar-refractivity contribution in [2.24, 2.45) is 10.4 Å². The van der Waals surface area contributed by atoms with Gasteiger partial charge in [0.25, 0.3) is 0 Å². The highest BCUT2D eigenvalue weighted by molar-refractivity contribution is 5.79. The molecule has 0 unspecified atom stereocenters. The lowest BCUT2D eigenvalue weighted by molar-refractivity contribution is -0.0971. The maximum absolute atomic E-state index is 13.1. The first kappa shape index (κ1) is 14.8. The zero-order valence-corrected chi connectivity index (χ0v) is 12.1. The number of ether oxygens (including phenoxy) is 1. The molecule has 1 aromatic carbocycles. The maximum Gasteiger partial charge on any atom is 0.191 e. The third-order valence-electron chi connectivity index (χ3n) is 3.24.